The number of rotatable bonds is 4. The molecule has 0 atom stereocenters. The van der Waals surface area contributed by atoms with Crippen molar-refractivity contribution >= 4 is 17.8 Å². The molecule has 0 unspecified atom stereocenters. The van der Waals surface area contributed by atoms with Crippen molar-refractivity contribution in [3.8, 4) is 0 Å². The van der Waals surface area contributed by atoms with Gasteiger partial charge in [-0.3, -0.25) is 9.59 Å². The van der Waals surface area contributed by atoms with E-state index in [1.54, 1.807) is 20.8 Å². The fourth-order valence-corrected chi connectivity index (χ4v) is 1.42. The van der Waals surface area contributed by atoms with Crippen LogP contribution in [0.25, 0.3) is 0 Å². The molecule has 0 aliphatic heterocycles. The summed E-state index contributed by atoms with van der Waals surface area (Å²) in [6.45, 7) is 4.94. The van der Waals surface area contributed by atoms with Crippen molar-refractivity contribution in [2.24, 2.45) is 11.1 Å². The maximum absolute atomic E-state index is 11.7. The highest BCUT2D eigenvalue weighted by Crippen LogP contribution is 2.45. The van der Waals surface area contributed by atoms with Gasteiger partial charge in [0.2, 0.25) is 5.91 Å². The van der Waals surface area contributed by atoms with Crippen molar-refractivity contribution in [1.82, 2.24) is 5.32 Å². The molecule has 1 saturated carbocycles. The molecule has 0 heterocycles. The van der Waals surface area contributed by atoms with Gasteiger partial charge in [-0.1, -0.05) is 0 Å². The van der Waals surface area contributed by atoms with Gasteiger partial charge in [0, 0.05) is 0 Å². The molecule has 0 radical (unpaired) electrons. The number of ether oxygens (including phenoxy) is 1. The van der Waals surface area contributed by atoms with Crippen molar-refractivity contribution < 1.29 is 19.1 Å². The number of carbonyl (C=O) groups excluding carboxylic acids is 3. The lowest BCUT2D eigenvalue weighted by Crippen LogP contribution is -2.41. The van der Waals surface area contributed by atoms with Crippen LogP contribution in [0.5, 0.6) is 0 Å². The second-order valence-corrected chi connectivity index (χ2v) is 5.22. The second kappa shape index (κ2) is 4.35. The number of nitrogens with two attached hydrogens (primary N) is 1. The number of Topliss-reactive ketones (excluding diaryl/α,β-unsaturated/α-hetero) is 1. The van der Waals surface area contributed by atoms with Crippen LogP contribution >= 0.6 is 0 Å². The Balaban J connectivity index is 2.40. The highest BCUT2D eigenvalue weighted by molar-refractivity contribution is 6.09. The Morgan fingerprint density at radius 3 is 2.18 bits per heavy atom. The average Bonchev–Trinajstić information content (AvgIpc) is 2.91. The van der Waals surface area contributed by atoms with E-state index in [0.717, 1.165) is 0 Å². The SMILES string of the molecule is CC(C)(C)OC(=O)NCC(=O)C1(C(N)=O)CC1. The molecule has 0 bridgehead atoms. The number of carbonyl (C=O) groups is 3. The molecular weight excluding hydrogens is 224 g/mol. The van der Waals surface area contributed by atoms with E-state index in [-0.39, 0.29) is 12.3 Å². The van der Waals surface area contributed by atoms with Crippen LogP contribution < -0.4 is 11.1 Å². The molecule has 1 aliphatic carbocycles. The summed E-state index contributed by atoms with van der Waals surface area (Å²) in [5.74, 6) is -0.968. The van der Waals surface area contributed by atoms with E-state index in [1.165, 1.54) is 0 Å². The van der Waals surface area contributed by atoms with Crippen LogP contribution in [0.2, 0.25) is 0 Å². The van der Waals surface area contributed by atoms with E-state index in [4.69, 9.17) is 10.5 Å². The molecule has 0 aromatic rings. The third kappa shape index (κ3) is 3.44. The maximum Gasteiger partial charge on any atom is 0.408 e. The first-order valence-electron chi connectivity index (χ1n) is 5.47. The maximum atomic E-state index is 11.7. The Hall–Kier alpha value is -1.59. The van der Waals surface area contributed by atoms with Crippen LogP contribution in [0.3, 0.4) is 0 Å². The number of hydrogen-bond acceptors (Lipinski definition) is 4. The van der Waals surface area contributed by atoms with Crippen molar-refractivity contribution in [2.75, 3.05) is 6.54 Å². The van der Waals surface area contributed by atoms with E-state index in [0.29, 0.717) is 12.8 Å². The van der Waals surface area contributed by atoms with Crippen LogP contribution in [0.15, 0.2) is 0 Å². The minimum atomic E-state index is -1.05. The van der Waals surface area contributed by atoms with Crippen LogP contribution in [0.1, 0.15) is 33.6 Å². The molecule has 6 heteroatoms. The number of amides is 2. The van der Waals surface area contributed by atoms with Gasteiger partial charge in [-0.05, 0) is 33.6 Å². The molecular formula is C11H18N2O4. The largest absolute Gasteiger partial charge is 0.444 e. The molecule has 96 valence electrons. The fourth-order valence-electron chi connectivity index (χ4n) is 1.42. The van der Waals surface area contributed by atoms with Gasteiger partial charge in [0.1, 0.15) is 11.0 Å². The number of hydrogen-bond donors (Lipinski definition) is 2. The van der Waals surface area contributed by atoms with E-state index < -0.39 is 23.0 Å². The average molecular weight is 242 g/mol. The van der Waals surface area contributed by atoms with Gasteiger partial charge in [0.15, 0.2) is 5.78 Å². The zero-order valence-corrected chi connectivity index (χ0v) is 10.3. The quantitative estimate of drug-likeness (QED) is 0.695. The Bertz CT molecular complexity index is 353. The van der Waals surface area contributed by atoms with Crippen LogP contribution in [-0.4, -0.2) is 29.9 Å². The van der Waals surface area contributed by atoms with Gasteiger partial charge in [0.05, 0.1) is 6.54 Å². The third-order valence-electron chi connectivity index (χ3n) is 2.55. The molecule has 0 aromatic heterocycles. The lowest BCUT2D eigenvalue weighted by atomic mass is 10.0. The van der Waals surface area contributed by atoms with Gasteiger partial charge in [0.25, 0.3) is 0 Å². The van der Waals surface area contributed by atoms with Crippen LogP contribution in [-0.2, 0) is 14.3 Å². The number of nitrogens with one attached hydrogen (secondary N) is 1. The molecule has 3 N–H and O–H groups in total. The molecule has 0 saturated heterocycles. The van der Waals surface area contributed by atoms with Gasteiger partial charge in [-0.15, -0.1) is 0 Å². The summed E-state index contributed by atoms with van der Waals surface area (Å²) in [7, 11) is 0. The Morgan fingerprint density at radius 2 is 1.82 bits per heavy atom. The zero-order chi connectivity index (χ0) is 13.3. The van der Waals surface area contributed by atoms with Crippen molar-refractivity contribution in [3.63, 3.8) is 0 Å². The van der Waals surface area contributed by atoms with E-state index in [1.807, 2.05) is 0 Å². The monoisotopic (exact) mass is 242 g/mol. The summed E-state index contributed by atoms with van der Waals surface area (Å²) >= 11 is 0. The third-order valence-corrected chi connectivity index (χ3v) is 2.55. The van der Waals surface area contributed by atoms with Crippen molar-refractivity contribution in [2.45, 2.75) is 39.2 Å². The summed E-state index contributed by atoms with van der Waals surface area (Å²) in [5.41, 5.74) is 3.47. The first kappa shape index (κ1) is 13.5. The van der Waals surface area contributed by atoms with E-state index in [9.17, 15) is 14.4 Å². The van der Waals surface area contributed by atoms with E-state index in [2.05, 4.69) is 5.32 Å². The zero-order valence-electron chi connectivity index (χ0n) is 10.3. The highest BCUT2D eigenvalue weighted by Gasteiger charge is 2.54. The van der Waals surface area contributed by atoms with Crippen LogP contribution in [0, 0.1) is 5.41 Å². The van der Waals surface area contributed by atoms with Gasteiger partial charge in [-0.25, -0.2) is 4.79 Å². The second-order valence-electron chi connectivity index (χ2n) is 5.22. The van der Waals surface area contributed by atoms with Crippen LogP contribution in [0.4, 0.5) is 4.79 Å². The molecule has 1 aliphatic rings. The van der Waals surface area contributed by atoms with Gasteiger partial charge < -0.3 is 15.8 Å². The number of ketones is 1. The Labute approximate surface area is 99.9 Å². The predicted octanol–water partition coefficient (Wildman–Crippen LogP) is 0.346. The predicted molar refractivity (Wildman–Crippen MR) is 60.1 cm³/mol. The molecule has 1 fully saturated rings. The van der Waals surface area contributed by atoms with E-state index >= 15 is 0 Å². The molecule has 17 heavy (non-hydrogen) atoms. The smallest absolute Gasteiger partial charge is 0.408 e. The number of alkyl carbamates (subject to hydrolysis) is 1. The minimum absolute atomic E-state index is 0.224. The van der Waals surface area contributed by atoms with Gasteiger partial charge in [-0.2, -0.15) is 0 Å². The molecule has 0 aromatic carbocycles. The fraction of sp³-hybridized carbons (Fsp3) is 0.727. The lowest BCUT2D eigenvalue weighted by molar-refractivity contribution is -0.133. The molecule has 1 rings (SSSR count). The molecule has 0 spiro atoms. The summed E-state index contributed by atoms with van der Waals surface area (Å²) in [6, 6.07) is 0. The molecule has 6 nitrogen and oxygen atoms in total. The Kier molecular flexibility index (Phi) is 3.45. The summed E-state index contributed by atoms with van der Waals surface area (Å²) < 4.78 is 4.96. The minimum Gasteiger partial charge on any atom is -0.444 e. The first-order chi connectivity index (χ1) is 7.67. The highest BCUT2D eigenvalue weighted by atomic mass is 16.6. The summed E-state index contributed by atoms with van der Waals surface area (Å²) in [6.07, 6.45) is 0.264. The lowest BCUT2D eigenvalue weighted by Gasteiger charge is -2.20. The Morgan fingerprint density at radius 1 is 1.29 bits per heavy atom. The summed E-state index contributed by atoms with van der Waals surface area (Å²) in [4.78, 5) is 34.0. The molecule has 2 amide bonds. The summed E-state index contributed by atoms with van der Waals surface area (Å²) in [5, 5.41) is 2.32. The van der Waals surface area contributed by atoms with Gasteiger partial charge >= 0.3 is 6.09 Å². The van der Waals surface area contributed by atoms with Crippen molar-refractivity contribution in [1.29, 1.82) is 0 Å². The number of primary amides is 1. The first-order valence-corrected chi connectivity index (χ1v) is 5.47. The normalized spacial score (nSPS) is 17.1. The standard InChI is InChI=1S/C11H18N2O4/c1-10(2,3)17-9(16)13-6-7(14)11(4-5-11)8(12)15/h4-6H2,1-3H3,(H2,12,15)(H,13,16). The van der Waals surface area contributed by atoms with Crippen molar-refractivity contribution in [3.05, 3.63) is 0 Å². The topological polar surface area (TPSA) is 98.5 Å².